The van der Waals surface area contributed by atoms with Gasteiger partial charge in [-0.05, 0) is 48.4 Å². The molecule has 2 aromatic rings. The first-order chi connectivity index (χ1) is 15.7. The van der Waals surface area contributed by atoms with Crippen LogP contribution in [-0.4, -0.2) is 46.2 Å². The van der Waals surface area contributed by atoms with E-state index < -0.39 is 38.9 Å². The Morgan fingerprint density at radius 1 is 1.09 bits per heavy atom. The number of pyridine rings is 1. The van der Waals surface area contributed by atoms with Gasteiger partial charge < -0.3 is 10.1 Å². The smallest absolute Gasteiger partial charge is 0.357 e. The molecule has 1 aliphatic carbocycles. The van der Waals surface area contributed by atoms with Crippen molar-refractivity contribution in [2.75, 3.05) is 18.2 Å². The average Bonchev–Trinajstić information content (AvgIpc) is 3.51. The zero-order chi connectivity index (χ0) is 25.4. The molecule has 1 aromatic heterocycles. The van der Waals surface area contributed by atoms with Crippen LogP contribution in [0.3, 0.4) is 0 Å². The van der Waals surface area contributed by atoms with Crippen molar-refractivity contribution in [2.45, 2.75) is 42.2 Å². The number of carbonyl (C=O) groups excluding carboxylic acids is 1. The van der Waals surface area contributed by atoms with Gasteiger partial charge in [0.25, 0.3) is 5.60 Å². The SMILES string of the molecule is C=S(=O)(CC1CC1)c1ccc(CC(=O)Nc2ccc(C(OC)(C(F)(F)F)C(F)(F)F)cc2)cn1. The molecule has 1 aromatic carbocycles. The topological polar surface area (TPSA) is 68.3 Å². The molecule has 3 rings (SSSR count). The quantitative estimate of drug-likeness (QED) is 0.414. The van der Waals surface area contributed by atoms with E-state index in [1.165, 1.54) is 12.3 Å². The molecular weight excluding hydrogens is 486 g/mol. The van der Waals surface area contributed by atoms with Crippen LogP contribution in [0, 0.1) is 5.92 Å². The number of hydrogen-bond acceptors (Lipinski definition) is 4. The molecule has 34 heavy (non-hydrogen) atoms. The lowest BCUT2D eigenvalue weighted by Gasteiger charge is -2.36. The van der Waals surface area contributed by atoms with Gasteiger partial charge in [0.05, 0.1) is 6.42 Å². The van der Waals surface area contributed by atoms with Gasteiger partial charge in [-0.15, -0.1) is 0 Å². The van der Waals surface area contributed by atoms with Gasteiger partial charge >= 0.3 is 12.4 Å². The normalized spacial score (nSPS) is 16.7. The van der Waals surface area contributed by atoms with Crippen molar-refractivity contribution in [3.05, 3.63) is 53.7 Å². The molecule has 1 atom stereocenters. The molecule has 1 saturated carbocycles. The van der Waals surface area contributed by atoms with Crippen LogP contribution in [0.5, 0.6) is 0 Å². The van der Waals surface area contributed by atoms with E-state index in [2.05, 4.69) is 20.9 Å². The standard InChI is InChI=1S/C22H22F6N2O3S/c1-33-20(21(23,24)25,22(26,27)28)16-6-8-17(9-7-16)30-18(31)11-15-5-10-19(29-12-15)34(2,32)13-14-3-4-14/h5-10,12,14H,2-4,11,13H2,1H3,(H,30,31). The molecule has 0 saturated heterocycles. The molecular formula is C22H22F6N2O3S. The number of nitrogens with zero attached hydrogens (tertiary/aromatic N) is 1. The number of nitrogens with one attached hydrogen (secondary N) is 1. The van der Waals surface area contributed by atoms with Crippen molar-refractivity contribution in [3.63, 3.8) is 0 Å². The molecule has 1 amide bonds. The summed E-state index contributed by atoms with van der Waals surface area (Å²) in [6.07, 6.45) is -8.27. The summed E-state index contributed by atoms with van der Waals surface area (Å²) in [5, 5.41) is 2.75. The second-order valence-electron chi connectivity index (χ2n) is 8.11. The van der Waals surface area contributed by atoms with Gasteiger partial charge in [0.2, 0.25) is 5.91 Å². The fraction of sp³-hybridized carbons (Fsp3) is 0.409. The number of carbonyl (C=O) groups is 1. The summed E-state index contributed by atoms with van der Waals surface area (Å²) in [7, 11) is -2.18. The Bertz CT molecular complexity index is 1110. The number of amides is 1. The maximum atomic E-state index is 13.3. The van der Waals surface area contributed by atoms with Crippen molar-refractivity contribution < 1.29 is 40.1 Å². The second-order valence-corrected chi connectivity index (χ2v) is 10.5. The van der Waals surface area contributed by atoms with Crippen molar-refractivity contribution in [1.29, 1.82) is 0 Å². The molecule has 1 heterocycles. The molecule has 0 bridgehead atoms. The van der Waals surface area contributed by atoms with Crippen LogP contribution in [-0.2, 0) is 31.1 Å². The lowest BCUT2D eigenvalue weighted by molar-refractivity contribution is -0.383. The summed E-state index contributed by atoms with van der Waals surface area (Å²) in [5.74, 6) is 4.05. The Hall–Kier alpha value is -2.60. The lowest BCUT2D eigenvalue weighted by Crippen LogP contribution is -2.55. The van der Waals surface area contributed by atoms with E-state index in [4.69, 9.17) is 0 Å². The first-order valence-electron chi connectivity index (χ1n) is 10.1. The highest BCUT2D eigenvalue weighted by Crippen LogP contribution is 2.52. The Morgan fingerprint density at radius 3 is 2.12 bits per heavy atom. The number of hydrogen-bond donors (Lipinski definition) is 1. The van der Waals surface area contributed by atoms with E-state index in [1.54, 1.807) is 6.07 Å². The van der Waals surface area contributed by atoms with E-state index in [0.717, 1.165) is 25.0 Å². The molecule has 186 valence electrons. The monoisotopic (exact) mass is 508 g/mol. The van der Waals surface area contributed by atoms with Crippen LogP contribution < -0.4 is 5.32 Å². The number of ether oxygens (including phenoxy) is 1. The Morgan fingerprint density at radius 2 is 1.68 bits per heavy atom. The fourth-order valence-corrected chi connectivity index (χ4v) is 5.33. The number of alkyl halides is 6. The van der Waals surface area contributed by atoms with Gasteiger partial charge in [-0.3, -0.25) is 9.00 Å². The Balaban J connectivity index is 1.69. The zero-order valence-electron chi connectivity index (χ0n) is 18.0. The van der Waals surface area contributed by atoms with E-state index >= 15 is 0 Å². The summed E-state index contributed by atoms with van der Waals surface area (Å²) >= 11 is 0. The molecule has 0 spiro atoms. The average molecular weight is 508 g/mol. The van der Waals surface area contributed by atoms with Crippen LogP contribution >= 0.6 is 0 Å². The van der Waals surface area contributed by atoms with Crippen molar-refractivity contribution in [2.24, 2.45) is 5.92 Å². The highest BCUT2D eigenvalue weighted by atomic mass is 32.2. The van der Waals surface area contributed by atoms with Crippen molar-refractivity contribution >= 4 is 27.0 Å². The fourth-order valence-electron chi connectivity index (χ4n) is 3.50. The van der Waals surface area contributed by atoms with Gasteiger partial charge in [0.1, 0.15) is 5.03 Å². The number of aromatic nitrogens is 1. The number of rotatable bonds is 8. The summed E-state index contributed by atoms with van der Waals surface area (Å²) in [6, 6.07) is 6.16. The third-order valence-electron chi connectivity index (χ3n) is 5.43. The Labute approximate surface area is 192 Å². The summed E-state index contributed by atoms with van der Waals surface area (Å²) in [5.41, 5.74) is -5.19. The van der Waals surface area contributed by atoms with E-state index in [9.17, 15) is 35.3 Å². The number of benzene rings is 1. The van der Waals surface area contributed by atoms with Gasteiger partial charge in [0, 0.05) is 39.8 Å². The molecule has 0 aliphatic heterocycles. The first kappa shape index (κ1) is 26.0. The number of methoxy groups -OCH3 is 1. The molecule has 1 fully saturated rings. The van der Waals surface area contributed by atoms with E-state index in [1.807, 2.05) is 0 Å². The van der Waals surface area contributed by atoms with E-state index in [-0.39, 0.29) is 12.1 Å². The minimum absolute atomic E-state index is 0.00195. The minimum Gasteiger partial charge on any atom is -0.357 e. The summed E-state index contributed by atoms with van der Waals surface area (Å²) in [4.78, 5) is 16.4. The molecule has 12 heteroatoms. The predicted octanol–water partition coefficient (Wildman–Crippen LogP) is 4.71. The molecule has 0 radical (unpaired) electrons. The van der Waals surface area contributed by atoms with Gasteiger partial charge in [-0.1, -0.05) is 18.2 Å². The third kappa shape index (κ3) is 5.38. The summed E-state index contributed by atoms with van der Waals surface area (Å²) in [6.45, 7) is 0. The number of halogens is 6. The van der Waals surface area contributed by atoms with E-state index in [0.29, 0.717) is 41.5 Å². The molecule has 1 N–H and O–H groups in total. The predicted molar refractivity (Wildman–Crippen MR) is 115 cm³/mol. The Kier molecular flexibility index (Phi) is 7.05. The number of anilines is 1. The molecule has 5 nitrogen and oxygen atoms in total. The van der Waals surface area contributed by atoms with Crippen molar-refractivity contribution in [1.82, 2.24) is 4.98 Å². The van der Waals surface area contributed by atoms with Gasteiger partial charge in [-0.25, -0.2) is 4.98 Å². The van der Waals surface area contributed by atoms with Gasteiger partial charge in [0.15, 0.2) is 0 Å². The third-order valence-corrected chi connectivity index (χ3v) is 7.44. The summed E-state index contributed by atoms with van der Waals surface area (Å²) < 4.78 is 96.6. The van der Waals surface area contributed by atoms with Crippen molar-refractivity contribution in [3.8, 4) is 0 Å². The van der Waals surface area contributed by atoms with Crippen LogP contribution in [0.2, 0.25) is 0 Å². The largest absolute Gasteiger partial charge is 0.430 e. The highest BCUT2D eigenvalue weighted by Gasteiger charge is 2.72. The zero-order valence-corrected chi connectivity index (χ0v) is 18.8. The maximum Gasteiger partial charge on any atom is 0.430 e. The highest BCUT2D eigenvalue weighted by molar-refractivity contribution is 8.00. The van der Waals surface area contributed by atoms with Crippen LogP contribution in [0.4, 0.5) is 32.0 Å². The second kappa shape index (κ2) is 9.21. The van der Waals surface area contributed by atoms with Crippen LogP contribution in [0.25, 0.3) is 0 Å². The maximum absolute atomic E-state index is 13.3. The van der Waals surface area contributed by atoms with Crippen LogP contribution in [0.15, 0.2) is 47.6 Å². The minimum atomic E-state index is -5.76. The first-order valence-corrected chi connectivity index (χ1v) is 12.0. The van der Waals surface area contributed by atoms with Crippen LogP contribution in [0.1, 0.15) is 24.0 Å². The lowest BCUT2D eigenvalue weighted by atomic mass is 9.91. The molecule has 1 aliphatic rings. The van der Waals surface area contributed by atoms with Gasteiger partial charge in [-0.2, -0.15) is 26.3 Å². The molecule has 1 unspecified atom stereocenters.